The lowest BCUT2D eigenvalue weighted by molar-refractivity contribution is -0.418. The van der Waals surface area contributed by atoms with Crippen LogP contribution in [-0.2, 0) is 16.2 Å². The van der Waals surface area contributed by atoms with E-state index in [-0.39, 0.29) is 18.7 Å². The number of carbonyl (C=O) groups is 2. The van der Waals surface area contributed by atoms with Crippen LogP contribution < -0.4 is 26.5 Å². The first-order valence-corrected chi connectivity index (χ1v) is 9.01. The lowest BCUT2D eigenvalue weighted by Crippen LogP contribution is -2.71. The first-order chi connectivity index (χ1) is 13.8. The summed E-state index contributed by atoms with van der Waals surface area (Å²) in [5.74, 6) is 0.478. The lowest BCUT2D eigenvalue weighted by atomic mass is 10.1. The number of nitrogens with one attached hydrogen (secondary N) is 2. The number of nitrogens with zero attached hydrogens (tertiary/aromatic N) is 1. The number of nitrogens with two attached hydrogens (primary N) is 2. The third-order valence-corrected chi connectivity index (χ3v) is 4.97. The summed E-state index contributed by atoms with van der Waals surface area (Å²) < 4.78 is 11.1. The normalized spacial score (nSPS) is 20.9. The molecule has 1 fully saturated rings. The number of hydrogen-bond acceptors (Lipinski definition) is 7. The molecule has 1 aliphatic rings. The second-order valence-electron chi connectivity index (χ2n) is 6.92. The van der Waals surface area contributed by atoms with Gasteiger partial charge in [-0.2, -0.15) is 0 Å². The number of aromatic nitrogens is 1. The zero-order valence-electron chi connectivity index (χ0n) is 16.2. The first-order valence-electron chi connectivity index (χ1n) is 9.01. The third-order valence-electron chi connectivity index (χ3n) is 4.97. The SMILES string of the molecule is C[NH+]=C(C(=O)NC1CC1(CO)C(N)=O)c1cc(OCc2cnc(C)o2)ccc1N. The van der Waals surface area contributed by atoms with Crippen molar-refractivity contribution in [2.24, 2.45) is 11.1 Å². The molecule has 7 N–H and O–H groups in total. The highest BCUT2D eigenvalue weighted by atomic mass is 16.5. The van der Waals surface area contributed by atoms with Gasteiger partial charge in [0.05, 0.1) is 23.8 Å². The Morgan fingerprint density at radius 2 is 2.24 bits per heavy atom. The van der Waals surface area contributed by atoms with Gasteiger partial charge in [0.2, 0.25) is 5.91 Å². The Balaban J connectivity index is 1.73. The quantitative estimate of drug-likeness (QED) is 0.251. The number of carbonyl (C=O) groups excluding carboxylic acids is 2. The average molecular weight is 402 g/mol. The number of ether oxygens (including phenoxy) is 1. The monoisotopic (exact) mass is 402 g/mol. The molecule has 1 aliphatic carbocycles. The summed E-state index contributed by atoms with van der Waals surface area (Å²) in [5, 5.41) is 12.1. The molecule has 1 aromatic heterocycles. The van der Waals surface area contributed by atoms with E-state index >= 15 is 0 Å². The smallest absolute Gasteiger partial charge is 0.316 e. The largest absolute Gasteiger partial charge is 0.486 e. The molecular formula is C19H24N5O5+. The van der Waals surface area contributed by atoms with Crippen molar-refractivity contribution in [1.82, 2.24) is 10.3 Å². The van der Waals surface area contributed by atoms with Gasteiger partial charge < -0.3 is 31.0 Å². The minimum atomic E-state index is -1.11. The van der Waals surface area contributed by atoms with Crippen LogP contribution >= 0.6 is 0 Å². The van der Waals surface area contributed by atoms with Gasteiger partial charge in [0.15, 0.2) is 11.7 Å². The summed E-state index contributed by atoms with van der Waals surface area (Å²) >= 11 is 0. The standard InChI is InChI=1S/C19H23N5O5/c1-10-23-7-12(29-10)8-28-11-3-4-14(20)13(5-11)16(22-2)17(26)24-15-6-19(15,9-25)18(21)27/h3-5,7,15,25H,6,8-9,20H2,1-2H3,(H2,21,27)(H,24,26)/p+1. The molecule has 1 aromatic carbocycles. The number of nitrogen functional groups attached to an aromatic ring is 1. The molecule has 0 spiro atoms. The predicted molar refractivity (Wildman–Crippen MR) is 103 cm³/mol. The minimum absolute atomic E-state index is 0.172. The summed E-state index contributed by atoms with van der Waals surface area (Å²) in [5.41, 5.74) is 11.3. The van der Waals surface area contributed by atoms with Crippen molar-refractivity contribution < 1.29 is 28.8 Å². The van der Waals surface area contributed by atoms with Gasteiger partial charge in [-0.3, -0.25) is 9.59 Å². The Hall–Kier alpha value is -3.40. The molecule has 154 valence electrons. The van der Waals surface area contributed by atoms with Gasteiger partial charge in [0.25, 0.3) is 5.71 Å². The molecule has 1 heterocycles. The van der Waals surface area contributed by atoms with Gasteiger partial charge in [0, 0.05) is 18.7 Å². The van der Waals surface area contributed by atoms with Gasteiger partial charge in [-0.05, 0) is 24.6 Å². The number of oxazole rings is 1. The van der Waals surface area contributed by atoms with Crippen LogP contribution in [0.5, 0.6) is 5.75 Å². The zero-order valence-corrected chi connectivity index (χ0v) is 16.2. The number of aliphatic hydroxyl groups is 1. The maximum Gasteiger partial charge on any atom is 0.316 e. The summed E-state index contributed by atoms with van der Waals surface area (Å²) in [4.78, 5) is 31.1. The maximum absolute atomic E-state index is 12.7. The van der Waals surface area contributed by atoms with Crippen molar-refractivity contribution in [2.75, 3.05) is 19.4 Å². The van der Waals surface area contributed by atoms with Gasteiger partial charge in [-0.15, -0.1) is 0 Å². The van der Waals surface area contributed by atoms with E-state index in [9.17, 15) is 14.7 Å². The molecule has 2 aromatic rings. The Morgan fingerprint density at radius 1 is 1.48 bits per heavy atom. The molecule has 2 amide bonds. The lowest BCUT2D eigenvalue weighted by Gasteiger charge is -2.12. The van der Waals surface area contributed by atoms with Crippen molar-refractivity contribution in [3.05, 3.63) is 41.6 Å². The van der Waals surface area contributed by atoms with Gasteiger partial charge in [-0.25, -0.2) is 9.98 Å². The molecular weight excluding hydrogens is 378 g/mol. The second kappa shape index (κ2) is 7.92. The Labute approximate surface area is 167 Å². The van der Waals surface area contributed by atoms with Crippen LogP contribution in [0.15, 0.2) is 28.8 Å². The Bertz CT molecular complexity index is 970. The highest BCUT2D eigenvalue weighted by Gasteiger charge is 2.60. The second-order valence-corrected chi connectivity index (χ2v) is 6.92. The molecule has 10 heteroatoms. The van der Waals surface area contributed by atoms with E-state index in [2.05, 4.69) is 15.3 Å². The van der Waals surface area contributed by atoms with Crippen LogP contribution in [0.25, 0.3) is 0 Å². The van der Waals surface area contributed by atoms with E-state index in [0.717, 1.165) is 0 Å². The van der Waals surface area contributed by atoms with E-state index in [4.69, 9.17) is 20.6 Å². The molecule has 0 radical (unpaired) electrons. The van der Waals surface area contributed by atoms with E-state index in [1.807, 2.05) is 0 Å². The van der Waals surface area contributed by atoms with Crippen molar-refractivity contribution in [2.45, 2.75) is 26.0 Å². The van der Waals surface area contributed by atoms with Crippen LogP contribution in [0, 0.1) is 12.3 Å². The number of amides is 2. The van der Waals surface area contributed by atoms with E-state index in [1.54, 1.807) is 38.4 Å². The highest BCUT2D eigenvalue weighted by molar-refractivity contribution is 6.44. The predicted octanol–water partition coefficient (Wildman–Crippen LogP) is -2.00. The fraction of sp³-hybridized carbons (Fsp3) is 0.368. The van der Waals surface area contributed by atoms with Gasteiger partial charge >= 0.3 is 5.91 Å². The number of rotatable bonds is 8. The fourth-order valence-corrected chi connectivity index (χ4v) is 3.09. The van der Waals surface area contributed by atoms with Crippen LogP contribution in [0.4, 0.5) is 5.69 Å². The molecule has 0 aliphatic heterocycles. The third kappa shape index (κ3) is 4.06. The van der Waals surface area contributed by atoms with Gasteiger partial charge in [-0.1, -0.05) is 0 Å². The Morgan fingerprint density at radius 3 is 2.79 bits per heavy atom. The molecule has 29 heavy (non-hydrogen) atoms. The van der Waals surface area contributed by atoms with Crippen LogP contribution in [-0.4, -0.2) is 47.3 Å². The average Bonchev–Trinajstić information content (AvgIpc) is 3.25. The molecule has 10 nitrogen and oxygen atoms in total. The van der Waals surface area contributed by atoms with Crippen LogP contribution in [0.2, 0.25) is 0 Å². The summed E-state index contributed by atoms with van der Waals surface area (Å²) in [7, 11) is 1.58. The van der Waals surface area contributed by atoms with Crippen molar-refractivity contribution >= 4 is 23.2 Å². The first kappa shape index (κ1) is 20.3. The molecule has 1 saturated carbocycles. The van der Waals surface area contributed by atoms with E-state index < -0.39 is 29.9 Å². The number of aliphatic hydroxyl groups excluding tert-OH is 1. The number of hydrogen-bond donors (Lipinski definition) is 5. The van der Waals surface area contributed by atoms with E-state index in [0.29, 0.717) is 28.7 Å². The zero-order chi connectivity index (χ0) is 21.2. The summed E-state index contributed by atoms with van der Waals surface area (Å²) in [6.45, 7) is 1.49. The molecule has 0 bridgehead atoms. The van der Waals surface area contributed by atoms with Crippen molar-refractivity contribution in [3.8, 4) is 5.75 Å². The summed E-state index contributed by atoms with van der Waals surface area (Å²) in [6, 6.07) is 4.40. The topological polar surface area (TPSA) is 168 Å². The maximum atomic E-state index is 12.7. The number of primary amides is 1. The van der Waals surface area contributed by atoms with Crippen LogP contribution in [0.3, 0.4) is 0 Å². The van der Waals surface area contributed by atoms with E-state index in [1.165, 1.54) is 0 Å². The number of anilines is 1. The molecule has 0 saturated heterocycles. The molecule has 3 rings (SSSR count). The van der Waals surface area contributed by atoms with Gasteiger partial charge in [0.1, 0.15) is 19.4 Å². The number of benzene rings is 1. The molecule has 2 unspecified atom stereocenters. The van der Waals surface area contributed by atoms with Crippen molar-refractivity contribution in [3.63, 3.8) is 0 Å². The Kier molecular flexibility index (Phi) is 5.55. The summed E-state index contributed by atoms with van der Waals surface area (Å²) in [6.07, 6.45) is 1.87. The number of aryl methyl sites for hydroxylation is 1. The van der Waals surface area contributed by atoms with Crippen LogP contribution in [0.1, 0.15) is 23.6 Å². The minimum Gasteiger partial charge on any atom is -0.486 e. The fourth-order valence-electron chi connectivity index (χ4n) is 3.09. The molecule has 2 atom stereocenters. The van der Waals surface area contributed by atoms with Crippen molar-refractivity contribution in [1.29, 1.82) is 0 Å². The highest BCUT2D eigenvalue weighted by Crippen LogP contribution is 2.45.